The molecule has 5 nitrogen and oxygen atoms in total. The van der Waals surface area contributed by atoms with E-state index in [-0.39, 0.29) is 5.91 Å². The summed E-state index contributed by atoms with van der Waals surface area (Å²) in [7, 11) is 1.92. The molecule has 0 aliphatic rings. The molecule has 2 aromatic heterocycles. The van der Waals surface area contributed by atoms with Gasteiger partial charge in [-0.25, -0.2) is 9.97 Å². The topological polar surface area (TPSA) is 59.8 Å². The summed E-state index contributed by atoms with van der Waals surface area (Å²) >= 11 is 0. The molecule has 0 radical (unpaired) electrons. The summed E-state index contributed by atoms with van der Waals surface area (Å²) < 4.78 is 1.90. The van der Waals surface area contributed by atoms with Crippen molar-refractivity contribution in [3.63, 3.8) is 0 Å². The quantitative estimate of drug-likeness (QED) is 0.832. The van der Waals surface area contributed by atoms with Gasteiger partial charge in [-0.1, -0.05) is 0 Å². The van der Waals surface area contributed by atoms with Gasteiger partial charge in [-0.2, -0.15) is 0 Å². The van der Waals surface area contributed by atoms with Crippen molar-refractivity contribution < 1.29 is 4.79 Å². The van der Waals surface area contributed by atoms with Gasteiger partial charge in [0.1, 0.15) is 0 Å². The Kier molecular flexibility index (Phi) is 2.95. The van der Waals surface area contributed by atoms with E-state index in [1.165, 1.54) is 0 Å². The van der Waals surface area contributed by atoms with Crippen LogP contribution in [0, 0.1) is 0 Å². The van der Waals surface area contributed by atoms with Crippen LogP contribution in [0.2, 0.25) is 0 Å². The Bertz CT molecular complexity index is 478. The second-order valence-electron chi connectivity index (χ2n) is 3.48. The summed E-state index contributed by atoms with van der Waals surface area (Å²) in [6.45, 7) is 0. The number of nitrogens with zero attached hydrogens (tertiary/aromatic N) is 3. The Morgan fingerprint density at radius 1 is 1.44 bits per heavy atom. The molecule has 0 unspecified atom stereocenters. The molecule has 0 saturated heterocycles. The maximum Gasteiger partial charge on any atom is 0.231 e. The molecule has 0 atom stereocenters. The average molecular weight is 216 g/mol. The lowest BCUT2D eigenvalue weighted by Gasteiger charge is -2.01. The molecule has 2 aromatic rings. The highest BCUT2D eigenvalue weighted by Crippen LogP contribution is 2.02. The predicted molar refractivity (Wildman–Crippen MR) is 59.8 cm³/mol. The first-order valence-electron chi connectivity index (χ1n) is 4.92. The summed E-state index contributed by atoms with van der Waals surface area (Å²) in [5.74, 6) is 0.223. The Morgan fingerprint density at radius 3 is 2.81 bits per heavy atom. The normalized spacial score (nSPS) is 10.1. The number of amides is 1. The van der Waals surface area contributed by atoms with Gasteiger partial charge in [-0.05, 0) is 17.7 Å². The predicted octanol–water partition coefficient (Wildman–Crippen LogP) is 0.996. The third-order valence-electron chi connectivity index (χ3n) is 2.07. The molecule has 0 bridgehead atoms. The number of aryl methyl sites for hydroxylation is 1. The number of aromatic nitrogens is 3. The van der Waals surface area contributed by atoms with Crippen molar-refractivity contribution in [3.8, 4) is 0 Å². The van der Waals surface area contributed by atoms with E-state index >= 15 is 0 Å². The molecule has 5 heteroatoms. The van der Waals surface area contributed by atoms with Gasteiger partial charge >= 0.3 is 0 Å². The molecule has 0 spiro atoms. The monoisotopic (exact) mass is 216 g/mol. The summed E-state index contributed by atoms with van der Waals surface area (Å²) in [5, 5.41) is 2.63. The molecule has 2 heterocycles. The third-order valence-corrected chi connectivity index (χ3v) is 2.07. The van der Waals surface area contributed by atoms with Gasteiger partial charge in [0.15, 0.2) is 0 Å². The largest absolute Gasteiger partial charge is 0.357 e. The zero-order chi connectivity index (χ0) is 11.4. The van der Waals surface area contributed by atoms with E-state index < -0.39 is 0 Å². The van der Waals surface area contributed by atoms with Crippen molar-refractivity contribution in [2.24, 2.45) is 7.05 Å². The Balaban J connectivity index is 1.95. The van der Waals surface area contributed by atoms with Crippen LogP contribution in [0.1, 0.15) is 5.56 Å². The van der Waals surface area contributed by atoms with E-state index in [1.54, 1.807) is 18.5 Å². The number of anilines is 1. The minimum atomic E-state index is -0.114. The first-order valence-corrected chi connectivity index (χ1v) is 4.92. The highest BCUT2D eigenvalue weighted by molar-refractivity contribution is 5.90. The van der Waals surface area contributed by atoms with Gasteiger partial charge in [0.25, 0.3) is 0 Å². The SMILES string of the molecule is Cn1ccc(CC(=O)Nc2ncccn2)c1. The van der Waals surface area contributed by atoms with Crippen molar-refractivity contribution in [2.75, 3.05) is 5.32 Å². The molecule has 0 saturated carbocycles. The number of hydrogen-bond acceptors (Lipinski definition) is 3. The van der Waals surface area contributed by atoms with Gasteiger partial charge in [0.2, 0.25) is 11.9 Å². The molecule has 1 N–H and O–H groups in total. The lowest BCUT2D eigenvalue weighted by Crippen LogP contribution is -2.15. The molecular formula is C11H12N4O. The summed E-state index contributed by atoms with van der Waals surface area (Å²) in [4.78, 5) is 19.4. The molecule has 1 amide bonds. The Morgan fingerprint density at radius 2 is 2.19 bits per heavy atom. The molecule has 16 heavy (non-hydrogen) atoms. The van der Waals surface area contributed by atoms with Crippen molar-refractivity contribution in [1.29, 1.82) is 0 Å². The zero-order valence-corrected chi connectivity index (χ0v) is 8.92. The first-order chi connectivity index (χ1) is 7.74. The molecule has 82 valence electrons. The maximum atomic E-state index is 11.6. The van der Waals surface area contributed by atoms with E-state index in [0.29, 0.717) is 12.4 Å². The Labute approximate surface area is 93.2 Å². The average Bonchev–Trinajstić information content (AvgIpc) is 2.65. The van der Waals surface area contributed by atoms with Crippen LogP contribution in [0.25, 0.3) is 0 Å². The van der Waals surface area contributed by atoms with Gasteiger partial charge in [-0.15, -0.1) is 0 Å². The highest BCUT2D eigenvalue weighted by atomic mass is 16.1. The minimum Gasteiger partial charge on any atom is -0.357 e. The minimum absolute atomic E-state index is 0.114. The van der Waals surface area contributed by atoms with Crippen LogP contribution >= 0.6 is 0 Å². The van der Waals surface area contributed by atoms with Gasteiger partial charge in [0, 0.05) is 31.8 Å². The van der Waals surface area contributed by atoms with Crippen LogP contribution < -0.4 is 5.32 Å². The van der Waals surface area contributed by atoms with E-state index in [0.717, 1.165) is 5.56 Å². The summed E-state index contributed by atoms with van der Waals surface area (Å²) in [6.07, 6.45) is 7.32. The molecule has 2 rings (SSSR count). The molecule has 0 aliphatic carbocycles. The number of carbonyl (C=O) groups excluding carboxylic acids is 1. The standard InChI is InChI=1S/C11H12N4O/c1-15-6-3-9(8-15)7-10(16)14-11-12-4-2-5-13-11/h2-6,8H,7H2,1H3,(H,12,13,14,16). The van der Waals surface area contributed by atoms with Crippen LogP contribution in [0.15, 0.2) is 36.9 Å². The van der Waals surface area contributed by atoms with E-state index in [2.05, 4.69) is 15.3 Å². The van der Waals surface area contributed by atoms with Gasteiger partial charge in [-0.3, -0.25) is 10.1 Å². The third kappa shape index (κ3) is 2.66. The van der Waals surface area contributed by atoms with Crippen LogP contribution in [0.4, 0.5) is 5.95 Å². The fourth-order valence-electron chi connectivity index (χ4n) is 1.38. The van der Waals surface area contributed by atoms with E-state index in [1.807, 2.05) is 30.1 Å². The number of nitrogens with one attached hydrogen (secondary N) is 1. The van der Waals surface area contributed by atoms with Crippen molar-refractivity contribution in [2.45, 2.75) is 6.42 Å². The second-order valence-corrected chi connectivity index (χ2v) is 3.48. The zero-order valence-electron chi connectivity index (χ0n) is 8.92. The molecule has 0 aliphatic heterocycles. The number of carbonyl (C=O) groups is 1. The summed E-state index contributed by atoms with van der Waals surface area (Å²) in [5.41, 5.74) is 0.968. The van der Waals surface area contributed by atoms with Crippen LogP contribution in [0.5, 0.6) is 0 Å². The maximum absolute atomic E-state index is 11.6. The lowest BCUT2D eigenvalue weighted by molar-refractivity contribution is -0.115. The van der Waals surface area contributed by atoms with Gasteiger partial charge in [0.05, 0.1) is 6.42 Å². The van der Waals surface area contributed by atoms with Gasteiger partial charge < -0.3 is 4.57 Å². The fourth-order valence-corrected chi connectivity index (χ4v) is 1.38. The van der Waals surface area contributed by atoms with Crippen molar-refractivity contribution in [3.05, 3.63) is 42.5 Å². The second kappa shape index (κ2) is 4.57. The van der Waals surface area contributed by atoms with Crippen molar-refractivity contribution >= 4 is 11.9 Å². The van der Waals surface area contributed by atoms with Crippen LogP contribution in [-0.2, 0) is 18.3 Å². The molecule has 0 aromatic carbocycles. The number of rotatable bonds is 3. The molecule has 0 fully saturated rings. The fraction of sp³-hybridized carbons (Fsp3) is 0.182. The lowest BCUT2D eigenvalue weighted by atomic mass is 10.2. The first kappa shape index (κ1) is 10.4. The molecular weight excluding hydrogens is 204 g/mol. The van der Waals surface area contributed by atoms with Crippen molar-refractivity contribution in [1.82, 2.24) is 14.5 Å². The van der Waals surface area contributed by atoms with E-state index in [9.17, 15) is 4.79 Å². The highest BCUT2D eigenvalue weighted by Gasteiger charge is 2.05. The smallest absolute Gasteiger partial charge is 0.231 e. The van der Waals surface area contributed by atoms with Crippen LogP contribution in [-0.4, -0.2) is 20.4 Å². The number of hydrogen-bond donors (Lipinski definition) is 1. The summed E-state index contributed by atoms with van der Waals surface area (Å²) in [6, 6.07) is 3.61. The Hall–Kier alpha value is -2.17. The van der Waals surface area contributed by atoms with Crippen LogP contribution in [0.3, 0.4) is 0 Å². The van der Waals surface area contributed by atoms with E-state index in [4.69, 9.17) is 0 Å².